The van der Waals surface area contributed by atoms with E-state index in [4.69, 9.17) is 9.47 Å². The zero-order chi connectivity index (χ0) is 23.8. The molecule has 2 fully saturated rings. The number of nitrogens with zero attached hydrogens (tertiary/aromatic N) is 2. The fraction of sp³-hybridized carbons (Fsp3) is 0.522. The largest absolute Gasteiger partial charge is 0.490 e. The molecule has 4 rings (SSSR count). The highest BCUT2D eigenvalue weighted by atomic mass is 19.4. The lowest BCUT2D eigenvalue weighted by Crippen LogP contribution is -2.46. The predicted molar refractivity (Wildman–Crippen MR) is 109 cm³/mol. The molecular weight excluding hydrogens is 450 g/mol. The summed E-state index contributed by atoms with van der Waals surface area (Å²) in [5, 5.41) is 0. The van der Waals surface area contributed by atoms with Crippen molar-refractivity contribution in [2.75, 3.05) is 11.5 Å². The van der Waals surface area contributed by atoms with Crippen LogP contribution in [0.5, 0.6) is 11.5 Å². The van der Waals surface area contributed by atoms with Crippen LogP contribution < -0.4 is 14.4 Å². The molecule has 2 unspecified atom stereocenters. The van der Waals surface area contributed by atoms with Crippen molar-refractivity contribution >= 4 is 5.82 Å². The van der Waals surface area contributed by atoms with Crippen molar-refractivity contribution in [3.8, 4) is 11.5 Å². The number of benzene rings is 1. The Morgan fingerprint density at radius 3 is 2.09 bits per heavy atom. The van der Waals surface area contributed by atoms with Gasteiger partial charge in [0.05, 0.1) is 17.7 Å². The molecule has 1 aromatic heterocycles. The van der Waals surface area contributed by atoms with E-state index in [1.54, 1.807) is 0 Å². The first-order chi connectivity index (χ1) is 15.6. The van der Waals surface area contributed by atoms with E-state index in [1.807, 2.05) is 11.8 Å². The van der Waals surface area contributed by atoms with Gasteiger partial charge in [0, 0.05) is 31.1 Å². The van der Waals surface area contributed by atoms with E-state index in [9.17, 15) is 26.3 Å². The number of hydrogen-bond donors (Lipinski definition) is 0. The number of hydrogen-bond acceptors (Lipinski definition) is 4. The molecule has 0 spiro atoms. The number of rotatable bonds is 6. The van der Waals surface area contributed by atoms with Gasteiger partial charge in [-0.1, -0.05) is 6.92 Å². The first-order valence-electron chi connectivity index (χ1n) is 10.9. The predicted octanol–water partition coefficient (Wildman–Crippen LogP) is 6.49. The summed E-state index contributed by atoms with van der Waals surface area (Å²) in [4.78, 5) is 6.08. The minimum Gasteiger partial charge on any atom is -0.490 e. The van der Waals surface area contributed by atoms with Crippen LogP contribution in [0, 0.1) is 0 Å². The third-order valence-electron chi connectivity index (χ3n) is 6.06. The van der Waals surface area contributed by atoms with Gasteiger partial charge in [0.25, 0.3) is 0 Å². The summed E-state index contributed by atoms with van der Waals surface area (Å²) in [6, 6.07) is 5.72. The van der Waals surface area contributed by atoms with E-state index in [0.717, 1.165) is 37.2 Å². The zero-order valence-electron chi connectivity index (χ0n) is 17.9. The number of pyridine rings is 1. The Morgan fingerprint density at radius 2 is 1.55 bits per heavy atom. The van der Waals surface area contributed by atoms with E-state index in [0.29, 0.717) is 25.1 Å². The van der Waals surface area contributed by atoms with Crippen molar-refractivity contribution in [3.63, 3.8) is 0 Å². The molecule has 2 bridgehead atoms. The quantitative estimate of drug-likeness (QED) is 0.449. The average Bonchev–Trinajstić information content (AvgIpc) is 3.02. The van der Waals surface area contributed by atoms with Gasteiger partial charge in [0.2, 0.25) is 0 Å². The van der Waals surface area contributed by atoms with Crippen molar-refractivity contribution in [3.05, 3.63) is 47.7 Å². The molecule has 0 radical (unpaired) electrons. The molecule has 0 N–H and O–H groups in total. The molecule has 4 nitrogen and oxygen atoms in total. The lowest BCUT2D eigenvalue weighted by atomic mass is 9.99. The lowest BCUT2D eigenvalue weighted by Gasteiger charge is -2.39. The smallest absolute Gasteiger partial charge is 0.417 e. The molecule has 0 amide bonds. The zero-order valence-corrected chi connectivity index (χ0v) is 17.9. The third kappa shape index (κ3) is 5.14. The molecule has 0 saturated carbocycles. The Kier molecular flexibility index (Phi) is 6.37. The van der Waals surface area contributed by atoms with Gasteiger partial charge in [-0.15, -0.1) is 0 Å². The fourth-order valence-corrected chi connectivity index (χ4v) is 4.59. The van der Waals surface area contributed by atoms with Gasteiger partial charge in [0.1, 0.15) is 11.9 Å². The van der Waals surface area contributed by atoms with E-state index < -0.39 is 23.5 Å². The van der Waals surface area contributed by atoms with Crippen LogP contribution in [0.2, 0.25) is 0 Å². The molecule has 1 aromatic carbocycles. The minimum absolute atomic E-state index is 0.0347. The van der Waals surface area contributed by atoms with Crippen molar-refractivity contribution in [2.45, 2.75) is 69.6 Å². The Balaban J connectivity index is 1.48. The third-order valence-corrected chi connectivity index (χ3v) is 6.06. The number of halogens is 6. The van der Waals surface area contributed by atoms with Gasteiger partial charge in [-0.05, 0) is 49.6 Å². The first-order valence-corrected chi connectivity index (χ1v) is 10.9. The molecule has 0 aliphatic carbocycles. The number of anilines is 1. The fourth-order valence-electron chi connectivity index (χ4n) is 4.59. The van der Waals surface area contributed by atoms with E-state index in [2.05, 4.69) is 4.98 Å². The van der Waals surface area contributed by atoms with Crippen LogP contribution in [0.4, 0.5) is 32.2 Å². The summed E-state index contributed by atoms with van der Waals surface area (Å²) >= 11 is 0. The number of ether oxygens (including phenoxy) is 2. The van der Waals surface area contributed by atoms with Crippen LogP contribution in [0.1, 0.15) is 50.2 Å². The van der Waals surface area contributed by atoms with Crippen LogP contribution in [0.3, 0.4) is 0 Å². The van der Waals surface area contributed by atoms with Gasteiger partial charge in [-0.2, -0.15) is 26.3 Å². The Labute approximate surface area is 187 Å². The monoisotopic (exact) mass is 474 g/mol. The maximum atomic E-state index is 13.1. The molecule has 2 saturated heterocycles. The molecule has 2 aliphatic heterocycles. The topological polar surface area (TPSA) is 34.6 Å². The van der Waals surface area contributed by atoms with Crippen molar-refractivity contribution in [2.24, 2.45) is 0 Å². The second-order valence-electron chi connectivity index (χ2n) is 8.41. The summed E-state index contributed by atoms with van der Waals surface area (Å²) in [7, 11) is 0. The summed E-state index contributed by atoms with van der Waals surface area (Å²) in [6.07, 6.45) is -4.81. The van der Waals surface area contributed by atoms with Crippen molar-refractivity contribution in [1.29, 1.82) is 0 Å². The maximum absolute atomic E-state index is 13.1. The Morgan fingerprint density at radius 1 is 0.909 bits per heavy atom. The SMILES string of the molecule is CCCOc1cc(C(F)(F)F)ccc1OC1CC2CCC(C1)N2c1ccc(C(F)(F)F)cn1. The highest BCUT2D eigenvalue weighted by molar-refractivity contribution is 5.46. The molecular formula is C23H24F6N2O2. The first kappa shape index (κ1) is 23.5. The molecule has 2 aromatic rings. The summed E-state index contributed by atoms with van der Waals surface area (Å²) in [5.41, 5.74) is -1.59. The molecule has 2 aliphatic rings. The van der Waals surface area contributed by atoms with Crippen LogP contribution in [0.25, 0.3) is 0 Å². The van der Waals surface area contributed by atoms with Crippen molar-refractivity contribution in [1.82, 2.24) is 4.98 Å². The van der Waals surface area contributed by atoms with E-state index >= 15 is 0 Å². The van der Waals surface area contributed by atoms with Crippen LogP contribution >= 0.6 is 0 Å². The van der Waals surface area contributed by atoms with Crippen LogP contribution in [-0.2, 0) is 12.4 Å². The molecule has 3 heterocycles. The van der Waals surface area contributed by atoms with Gasteiger partial charge < -0.3 is 14.4 Å². The van der Waals surface area contributed by atoms with E-state index in [1.165, 1.54) is 12.1 Å². The van der Waals surface area contributed by atoms with Crippen LogP contribution in [0.15, 0.2) is 36.5 Å². The lowest BCUT2D eigenvalue weighted by molar-refractivity contribution is -0.138. The number of fused-ring (bicyclic) bond motifs is 2. The van der Waals surface area contributed by atoms with Crippen molar-refractivity contribution < 1.29 is 35.8 Å². The maximum Gasteiger partial charge on any atom is 0.417 e. The second-order valence-corrected chi connectivity index (χ2v) is 8.41. The Hall–Kier alpha value is -2.65. The molecule has 180 valence electrons. The minimum atomic E-state index is -4.48. The molecule has 2 atom stereocenters. The highest BCUT2D eigenvalue weighted by Crippen LogP contribution is 2.42. The average molecular weight is 474 g/mol. The normalized spacial score (nSPS) is 23.0. The number of piperidine rings is 1. The summed E-state index contributed by atoms with van der Waals surface area (Å²) < 4.78 is 89.5. The van der Waals surface area contributed by atoms with Gasteiger partial charge in [-0.25, -0.2) is 4.98 Å². The van der Waals surface area contributed by atoms with E-state index in [-0.39, 0.29) is 36.3 Å². The van der Waals surface area contributed by atoms with Gasteiger partial charge in [-0.3, -0.25) is 0 Å². The van der Waals surface area contributed by atoms with Gasteiger partial charge in [0.15, 0.2) is 11.5 Å². The standard InChI is InChI=1S/C23H24F6N2O2/c1-2-9-32-20-10-14(22(24,25)26)3-7-19(20)33-18-11-16-5-6-17(12-18)31(16)21-8-4-15(13-30-21)23(27,28)29/h3-4,7-8,10,13,16-18H,2,5-6,9,11-12H2,1H3. The summed E-state index contributed by atoms with van der Waals surface area (Å²) in [5.74, 6) is 0.822. The molecule has 33 heavy (non-hydrogen) atoms. The Bertz CT molecular complexity index is 947. The number of alkyl halides is 6. The second kappa shape index (κ2) is 8.95. The summed E-state index contributed by atoms with van der Waals surface area (Å²) in [6.45, 7) is 2.12. The molecule has 10 heteroatoms. The highest BCUT2D eigenvalue weighted by Gasteiger charge is 2.43. The van der Waals surface area contributed by atoms with Gasteiger partial charge >= 0.3 is 12.4 Å². The number of aromatic nitrogens is 1. The van der Waals surface area contributed by atoms with Crippen LogP contribution in [-0.4, -0.2) is 29.8 Å².